The number of nitrogens with two attached hydrogens (primary N) is 1. The van der Waals surface area contributed by atoms with Crippen molar-refractivity contribution in [2.45, 2.75) is 18.8 Å². The number of carbonyl (C=O) groups is 2. The number of hydrogen-bond donors (Lipinski definition) is 4. The molecule has 0 aliphatic carbocycles. The van der Waals surface area contributed by atoms with E-state index in [2.05, 4.69) is 5.32 Å². The molecule has 0 heterocycles. The smallest absolute Gasteiger partial charge is 0.478 e. The van der Waals surface area contributed by atoms with E-state index in [1.54, 1.807) is 6.07 Å². The summed E-state index contributed by atoms with van der Waals surface area (Å²) in [6, 6.07) is 7.74. The first-order valence-corrected chi connectivity index (χ1v) is 11.5. The molecule has 0 amide bonds. The summed E-state index contributed by atoms with van der Waals surface area (Å²) in [6.45, 7) is 0. The lowest BCUT2D eigenvalue weighted by Gasteiger charge is -2.43. The van der Waals surface area contributed by atoms with E-state index in [1.807, 2.05) is 0 Å². The molecular weight excluding hydrogens is 633 g/mol. The van der Waals surface area contributed by atoms with Gasteiger partial charge in [0.25, 0.3) is 0 Å². The zero-order valence-corrected chi connectivity index (χ0v) is 21.6. The highest BCUT2D eigenvalue weighted by atomic mass is 19.4. The second-order valence-corrected chi connectivity index (χ2v) is 8.56. The highest BCUT2D eigenvalue weighted by Gasteiger charge is 2.60. The van der Waals surface area contributed by atoms with E-state index < -0.39 is 91.0 Å². The summed E-state index contributed by atoms with van der Waals surface area (Å²) in [6.07, 6.45) is -18.1. The molecule has 0 aliphatic rings. The number of hydrogen-bond acceptors (Lipinski definition) is 9. The molecular formula is C25H14F9N7O4. The van der Waals surface area contributed by atoms with Crippen LogP contribution in [0.25, 0.3) is 0 Å². The van der Waals surface area contributed by atoms with E-state index in [-0.39, 0.29) is 23.8 Å². The minimum absolute atomic E-state index is 0.0435. The molecule has 20 heteroatoms. The molecule has 0 unspecified atom stereocenters. The van der Waals surface area contributed by atoms with E-state index in [0.717, 1.165) is 24.3 Å². The average molecular weight is 647 g/mol. The second kappa shape index (κ2) is 12.1. The summed E-state index contributed by atoms with van der Waals surface area (Å²) in [4.78, 5) is 23.6. The third-order valence-electron chi connectivity index (χ3n) is 5.66. The number of carboxylic acids is 2. The molecule has 11 nitrogen and oxygen atoms in total. The number of benzene rings is 3. The number of anilines is 4. The van der Waals surface area contributed by atoms with Crippen LogP contribution in [0.5, 0.6) is 0 Å². The van der Waals surface area contributed by atoms with Gasteiger partial charge in [0.05, 0.1) is 57.0 Å². The average Bonchev–Trinajstić information content (AvgIpc) is 2.93. The maximum Gasteiger partial charge on any atom is 0.486 e. The SMILES string of the molecule is N#Cc1ccc(Nc2cc(C(F)(F)F)ccc2N(N(N)c2ccc(C#N)cc2C(=O)O)N(C(F)(F)F)C(F)(F)F)c(C(=O)O)c1. The predicted molar refractivity (Wildman–Crippen MR) is 134 cm³/mol. The first-order valence-electron chi connectivity index (χ1n) is 11.5. The number of alkyl halides is 9. The van der Waals surface area contributed by atoms with Crippen molar-refractivity contribution in [1.29, 1.82) is 10.5 Å². The third kappa shape index (κ3) is 7.26. The van der Waals surface area contributed by atoms with Gasteiger partial charge in [-0.05, 0) is 59.6 Å². The van der Waals surface area contributed by atoms with Crippen LogP contribution in [0.2, 0.25) is 0 Å². The molecule has 3 rings (SSSR count). The van der Waals surface area contributed by atoms with Gasteiger partial charge in [0.15, 0.2) is 0 Å². The van der Waals surface area contributed by atoms with Crippen LogP contribution in [0.3, 0.4) is 0 Å². The van der Waals surface area contributed by atoms with E-state index in [4.69, 9.17) is 16.4 Å². The van der Waals surface area contributed by atoms with Crippen LogP contribution in [0, 0.1) is 22.7 Å². The van der Waals surface area contributed by atoms with Crippen molar-refractivity contribution in [3.63, 3.8) is 0 Å². The third-order valence-corrected chi connectivity index (χ3v) is 5.66. The van der Waals surface area contributed by atoms with Gasteiger partial charge in [-0.25, -0.2) is 20.5 Å². The van der Waals surface area contributed by atoms with Gasteiger partial charge >= 0.3 is 30.7 Å². The van der Waals surface area contributed by atoms with Crippen LogP contribution in [-0.2, 0) is 6.18 Å². The monoisotopic (exact) mass is 647 g/mol. The van der Waals surface area contributed by atoms with Gasteiger partial charge < -0.3 is 15.5 Å². The highest BCUT2D eigenvalue weighted by molar-refractivity contribution is 5.97. The van der Waals surface area contributed by atoms with Crippen LogP contribution in [-0.4, -0.2) is 39.8 Å². The molecule has 45 heavy (non-hydrogen) atoms. The number of hydrazine groups is 3. The minimum Gasteiger partial charge on any atom is -0.478 e. The van der Waals surface area contributed by atoms with Crippen molar-refractivity contribution >= 4 is 34.7 Å². The molecule has 0 bridgehead atoms. The van der Waals surface area contributed by atoms with Crippen molar-refractivity contribution in [3.8, 4) is 12.1 Å². The Morgan fingerprint density at radius 3 is 1.67 bits per heavy atom. The highest BCUT2D eigenvalue weighted by Crippen LogP contribution is 2.44. The number of nitriles is 2. The summed E-state index contributed by atoms with van der Waals surface area (Å²) in [5.74, 6) is 1.92. The quantitative estimate of drug-likeness (QED) is 0.0987. The van der Waals surface area contributed by atoms with Gasteiger partial charge in [0, 0.05) is 0 Å². The predicted octanol–water partition coefficient (Wildman–Crippen LogP) is 5.95. The van der Waals surface area contributed by atoms with Gasteiger partial charge in [0.2, 0.25) is 0 Å². The number of nitrogens with zero attached hydrogens (tertiary/aromatic N) is 5. The first-order chi connectivity index (χ1) is 20.7. The van der Waals surface area contributed by atoms with Gasteiger partial charge in [0.1, 0.15) is 5.69 Å². The molecule has 0 aromatic heterocycles. The lowest BCUT2D eigenvalue weighted by molar-refractivity contribution is -0.377. The fourth-order valence-electron chi connectivity index (χ4n) is 3.79. The Kier molecular flexibility index (Phi) is 9.08. The maximum absolute atomic E-state index is 14.1. The van der Waals surface area contributed by atoms with Gasteiger partial charge in [-0.15, -0.1) is 0 Å². The first kappa shape index (κ1) is 33.8. The number of aromatic carboxylic acids is 2. The Bertz CT molecular complexity index is 1710. The molecule has 5 N–H and O–H groups in total. The van der Waals surface area contributed by atoms with Crippen molar-refractivity contribution in [2.24, 2.45) is 5.84 Å². The summed E-state index contributed by atoms with van der Waals surface area (Å²) in [5, 5.41) is 35.5. The molecule has 3 aromatic rings. The van der Waals surface area contributed by atoms with Crippen LogP contribution >= 0.6 is 0 Å². The molecule has 0 saturated carbocycles. The Hall–Kier alpha value is -5.73. The zero-order chi connectivity index (χ0) is 34.1. The Morgan fingerprint density at radius 2 is 1.20 bits per heavy atom. The topological polar surface area (TPSA) is 170 Å². The second-order valence-electron chi connectivity index (χ2n) is 8.56. The van der Waals surface area contributed by atoms with Crippen molar-refractivity contribution in [3.05, 3.63) is 82.4 Å². The molecule has 3 aromatic carbocycles. The lowest BCUT2D eigenvalue weighted by atomic mass is 10.1. The largest absolute Gasteiger partial charge is 0.486 e. The molecule has 0 radical (unpaired) electrons. The van der Waals surface area contributed by atoms with Crippen molar-refractivity contribution in [1.82, 2.24) is 5.01 Å². The molecule has 0 spiro atoms. The summed E-state index contributed by atoms with van der Waals surface area (Å²) >= 11 is 0. The summed E-state index contributed by atoms with van der Waals surface area (Å²) in [5.41, 5.74) is -8.70. The fraction of sp³-hybridized carbons (Fsp3) is 0.120. The molecule has 0 fully saturated rings. The van der Waals surface area contributed by atoms with E-state index in [0.29, 0.717) is 12.1 Å². The van der Waals surface area contributed by atoms with Gasteiger partial charge in [-0.3, -0.25) is 0 Å². The molecule has 236 valence electrons. The Morgan fingerprint density at radius 1 is 0.711 bits per heavy atom. The summed E-state index contributed by atoms with van der Waals surface area (Å²) in [7, 11) is 0. The standard InChI is InChI=1S/C25H14F9N7O4/c26-23(27,28)14-3-6-20(18(9-14)38-17-4-1-12(10-35)7-15(17)21(42)43)40(41(24(29,30)31)25(32,33)34)39(37)19-5-2-13(11-36)8-16(19)22(44)45/h1-9,38H,37H2,(H,42,43)(H,44,45). The van der Waals surface area contributed by atoms with E-state index in [9.17, 15) is 59.3 Å². The molecule has 0 aliphatic heterocycles. The Labute approximate surface area is 244 Å². The maximum atomic E-state index is 14.1. The van der Waals surface area contributed by atoms with E-state index in [1.165, 1.54) is 6.07 Å². The summed E-state index contributed by atoms with van der Waals surface area (Å²) < 4.78 is 126. The fourth-order valence-corrected chi connectivity index (χ4v) is 3.79. The number of rotatable bonds is 8. The van der Waals surface area contributed by atoms with Crippen LogP contribution < -0.4 is 21.4 Å². The van der Waals surface area contributed by atoms with Crippen LogP contribution in [0.15, 0.2) is 54.6 Å². The number of halogens is 9. The van der Waals surface area contributed by atoms with Crippen LogP contribution in [0.4, 0.5) is 62.3 Å². The lowest BCUT2D eigenvalue weighted by Crippen LogP contribution is -2.66. The zero-order valence-electron chi connectivity index (χ0n) is 21.6. The van der Waals surface area contributed by atoms with Gasteiger partial charge in [-0.2, -0.15) is 55.2 Å². The van der Waals surface area contributed by atoms with Gasteiger partial charge in [-0.1, -0.05) is 0 Å². The molecule has 0 saturated heterocycles. The number of carboxylic acid groups (broad SMARTS) is 2. The van der Waals surface area contributed by atoms with Crippen LogP contribution in [0.1, 0.15) is 37.4 Å². The molecule has 0 atom stereocenters. The Balaban J connectivity index is 2.45. The van der Waals surface area contributed by atoms with Crippen molar-refractivity contribution in [2.75, 3.05) is 15.6 Å². The normalized spacial score (nSPS) is 11.8. The van der Waals surface area contributed by atoms with Crippen molar-refractivity contribution < 1.29 is 59.3 Å². The number of nitrogens with one attached hydrogen (secondary N) is 1. The minimum atomic E-state index is -6.44. The van der Waals surface area contributed by atoms with E-state index >= 15 is 0 Å².